The van der Waals surface area contributed by atoms with E-state index < -0.39 is 7.92 Å². The lowest BCUT2D eigenvalue weighted by atomic mass is 9.99. The summed E-state index contributed by atoms with van der Waals surface area (Å²) in [6.45, 7) is 2.60. The van der Waals surface area contributed by atoms with E-state index in [1.165, 1.54) is 80.5 Å². The van der Waals surface area contributed by atoms with Crippen molar-refractivity contribution in [1.29, 1.82) is 0 Å². The van der Waals surface area contributed by atoms with Crippen LogP contribution in [0.2, 0.25) is 0 Å². The van der Waals surface area contributed by atoms with Crippen molar-refractivity contribution in [1.82, 2.24) is 0 Å². The molecule has 0 heterocycles. The van der Waals surface area contributed by atoms with Crippen molar-refractivity contribution < 1.29 is 0 Å². The first kappa shape index (κ1) is 24.0. The van der Waals surface area contributed by atoms with Crippen molar-refractivity contribution in [2.45, 2.75) is 88.1 Å². The molecule has 0 spiro atoms. The van der Waals surface area contributed by atoms with Gasteiger partial charge >= 0.3 is 0 Å². The molecule has 0 saturated heterocycles. The summed E-state index contributed by atoms with van der Waals surface area (Å²) in [5.74, 6) is 1.63. The minimum absolute atomic E-state index is 0.0583. The molecule has 0 unspecified atom stereocenters. The van der Waals surface area contributed by atoms with Gasteiger partial charge in [-0.05, 0) is 86.4 Å². The largest absolute Gasteiger partial charge is 0.0968 e. The second-order valence-corrected chi connectivity index (χ2v) is 15.5. The summed E-state index contributed by atoms with van der Waals surface area (Å²) in [6, 6.07) is 22.4. The monoisotopic (exact) mass is 473 g/mol. The van der Waals surface area contributed by atoms with Crippen molar-refractivity contribution in [3.8, 4) is 0 Å². The Balaban J connectivity index is 1.35. The second kappa shape index (κ2) is 11.8. The molecule has 3 fully saturated rings. The molecule has 2 aromatic rings. The van der Waals surface area contributed by atoms with Gasteiger partial charge in [0.2, 0.25) is 0 Å². The van der Waals surface area contributed by atoms with Gasteiger partial charge in [-0.1, -0.05) is 114 Å². The Morgan fingerprint density at radius 2 is 1.12 bits per heavy atom. The van der Waals surface area contributed by atoms with Crippen LogP contribution in [0.4, 0.5) is 0 Å². The standard InChI is InChI=1S/C31H39P2/c1-25(32(27-14-6-2-7-15-27)28-16-8-3-9-17-28)26-22-23-31(24-26)33(29-18-10-4-11-19-29)30-20-12-5-13-21-30/h4-5,10-13,18-25,27-28H,2-3,6-9,14-17H2,1H3/t25-/m0/s1. The van der Waals surface area contributed by atoms with Crippen molar-refractivity contribution in [3.05, 3.63) is 91.5 Å². The van der Waals surface area contributed by atoms with Gasteiger partial charge < -0.3 is 0 Å². The van der Waals surface area contributed by atoms with E-state index in [1.807, 2.05) is 0 Å². The third-order valence-corrected chi connectivity index (χ3v) is 14.3. The molecule has 0 aliphatic heterocycles. The van der Waals surface area contributed by atoms with Gasteiger partial charge in [0.15, 0.2) is 0 Å². The number of rotatable bonds is 7. The average Bonchev–Trinajstić information content (AvgIpc) is 3.37. The van der Waals surface area contributed by atoms with Crippen LogP contribution in [0.5, 0.6) is 0 Å². The lowest BCUT2D eigenvalue weighted by molar-refractivity contribution is 0.482. The fourth-order valence-corrected chi connectivity index (χ4v) is 12.9. The lowest BCUT2D eigenvalue weighted by Gasteiger charge is -2.43. The Bertz CT molecular complexity index is 765. The molecule has 5 rings (SSSR count). The van der Waals surface area contributed by atoms with Gasteiger partial charge in [0, 0.05) is 5.66 Å². The zero-order valence-electron chi connectivity index (χ0n) is 20.2. The predicted octanol–water partition coefficient (Wildman–Crippen LogP) is 8.39. The van der Waals surface area contributed by atoms with Crippen LogP contribution in [0.3, 0.4) is 0 Å². The zero-order chi connectivity index (χ0) is 22.5. The maximum absolute atomic E-state index is 2.61. The first-order valence-corrected chi connectivity index (χ1v) is 16.1. The molecule has 0 bridgehead atoms. The lowest BCUT2D eigenvalue weighted by Crippen LogP contribution is -2.28. The Hall–Kier alpha value is -0.700. The van der Waals surface area contributed by atoms with E-state index in [-0.39, 0.29) is 7.92 Å². The Morgan fingerprint density at radius 1 is 0.636 bits per heavy atom. The number of hydrogen-bond acceptors (Lipinski definition) is 0. The zero-order valence-corrected chi connectivity index (χ0v) is 22.0. The maximum atomic E-state index is 2.61. The van der Waals surface area contributed by atoms with Crippen LogP contribution in [0.15, 0.2) is 60.7 Å². The van der Waals surface area contributed by atoms with Crippen LogP contribution in [0.25, 0.3) is 0 Å². The summed E-state index contributed by atoms with van der Waals surface area (Å²) in [4.78, 5) is 0. The molecule has 2 heteroatoms. The Labute approximate surface area is 205 Å². The van der Waals surface area contributed by atoms with Gasteiger partial charge in [0.1, 0.15) is 0 Å². The molecule has 1 atom stereocenters. The Kier molecular flexibility index (Phi) is 8.60. The fraction of sp³-hybridized carbons (Fsp3) is 0.452. The molecule has 3 aliphatic carbocycles. The normalized spacial score (nSPS) is 22.9. The van der Waals surface area contributed by atoms with Crippen molar-refractivity contribution in [2.75, 3.05) is 0 Å². The van der Waals surface area contributed by atoms with Crippen LogP contribution in [-0.2, 0) is 0 Å². The summed E-state index contributed by atoms with van der Waals surface area (Å²) in [5, 5.41) is 2.93. The highest BCUT2D eigenvalue weighted by Gasteiger charge is 2.42. The highest BCUT2D eigenvalue weighted by Crippen LogP contribution is 2.64. The van der Waals surface area contributed by atoms with E-state index in [4.69, 9.17) is 0 Å². The van der Waals surface area contributed by atoms with Gasteiger partial charge in [-0.15, -0.1) is 0 Å². The van der Waals surface area contributed by atoms with Gasteiger partial charge in [0.05, 0.1) is 0 Å². The average molecular weight is 474 g/mol. The number of benzene rings is 2. The van der Waals surface area contributed by atoms with Gasteiger partial charge in [-0.3, -0.25) is 0 Å². The second-order valence-electron chi connectivity index (χ2n) is 10.1. The van der Waals surface area contributed by atoms with Crippen LogP contribution < -0.4 is 10.6 Å². The smallest absolute Gasteiger partial charge is 0.0164 e. The fourth-order valence-electron chi connectivity index (χ4n) is 6.31. The van der Waals surface area contributed by atoms with E-state index >= 15 is 0 Å². The Morgan fingerprint density at radius 3 is 1.61 bits per heavy atom. The van der Waals surface area contributed by atoms with Crippen molar-refractivity contribution in [3.63, 3.8) is 0 Å². The molecular weight excluding hydrogens is 434 g/mol. The van der Waals surface area contributed by atoms with Crippen LogP contribution in [-0.4, -0.2) is 17.0 Å². The summed E-state index contributed by atoms with van der Waals surface area (Å²) in [5.41, 5.74) is 4.29. The van der Waals surface area contributed by atoms with Crippen LogP contribution >= 0.6 is 15.8 Å². The molecule has 0 nitrogen and oxygen atoms in total. The van der Waals surface area contributed by atoms with Crippen LogP contribution in [0.1, 0.15) is 71.1 Å². The van der Waals surface area contributed by atoms with Gasteiger partial charge in [-0.25, -0.2) is 0 Å². The molecule has 0 amide bonds. The molecule has 5 radical (unpaired) electrons. The minimum Gasteiger partial charge on any atom is -0.0968 e. The highest BCUT2D eigenvalue weighted by molar-refractivity contribution is 7.76. The van der Waals surface area contributed by atoms with Crippen molar-refractivity contribution in [2.24, 2.45) is 0 Å². The third kappa shape index (κ3) is 5.76. The molecule has 0 N–H and O–H groups in total. The SMILES string of the molecule is C[C@@H]([C]1[CH][CH][C](P(c2ccccc2)c2ccccc2)[CH]1)P(C1CCCCC1)C1CCCCC1. The first-order chi connectivity index (χ1) is 16.3. The molecule has 3 saturated carbocycles. The summed E-state index contributed by atoms with van der Waals surface area (Å²) < 4.78 is 0. The van der Waals surface area contributed by atoms with Gasteiger partial charge in [0.25, 0.3) is 0 Å². The van der Waals surface area contributed by atoms with Crippen molar-refractivity contribution >= 4 is 26.5 Å². The van der Waals surface area contributed by atoms with E-state index in [0.717, 1.165) is 17.0 Å². The van der Waals surface area contributed by atoms with Crippen LogP contribution in [0, 0.1) is 30.8 Å². The van der Waals surface area contributed by atoms with E-state index in [2.05, 4.69) is 86.8 Å². The molecule has 0 aromatic heterocycles. The summed E-state index contributed by atoms with van der Waals surface area (Å²) >= 11 is 0. The third-order valence-electron chi connectivity index (χ3n) is 7.97. The minimum atomic E-state index is -0.491. The molecule has 2 aromatic carbocycles. The molecule has 3 aliphatic rings. The van der Waals surface area contributed by atoms with E-state index in [9.17, 15) is 0 Å². The quantitative estimate of drug-likeness (QED) is 0.354. The number of hydrogen-bond donors (Lipinski definition) is 0. The highest BCUT2D eigenvalue weighted by atomic mass is 31.1. The van der Waals surface area contributed by atoms with E-state index in [1.54, 1.807) is 5.92 Å². The summed E-state index contributed by atoms with van der Waals surface area (Å²) in [6.07, 6.45) is 22.4. The van der Waals surface area contributed by atoms with Gasteiger partial charge in [-0.2, -0.15) is 0 Å². The first-order valence-electron chi connectivity index (χ1n) is 13.3. The predicted molar refractivity (Wildman–Crippen MR) is 149 cm³/mol. The summed E-state index contributed by atoms with van der Waals surface area (Å²) in [7, 11) is -0.433. The van der Waals surface area contributed by atoms with E-state index in [0.29, 0.717) is 0 Å². The maximum Gasteiger partial charge on any atom is 0.0164 e. The molecule has 33 heavy (non-hydrogen) atoms. The topological polar surface area (TPSA) is 0 Å². The molecular formula is C31H39P2. The molecule has 173 valence electrons.